The van der Waals surface area contributed by atoms with Gasteiger partial charge >= 0.3 is 6.03 Å². The number of hydrogen-bond acceptors (Lipinski definition) is 3. The first-order chi connectivity index (χ1) is 14.8. The van der Waals surface area contributed by atoms with Crippen LogP contribution < -0.4 is 5.32 Å². The SMILES string of the molecule is CC(C)c1ccc(CN(C)CN2C(=O)N[C@@](C)(c3ccc4ccccc4c3)C2=O)cc1. The summed E-state index contributed by atoms with van der Waals surface area (Å²) in [5.41, 5.74) is 2.17. The first-order valence-electron chi connectivity index (χ1n) is 10.7. The molecule has 3 amide bonds. The summed E-state index contributed by atoms with van der Waals surface area (Å²) >= 11 is 0. The third-order valence-electron chi connectivity index (χ3n) is 6.08. The summed E-state index contributed by atoms with van der Waals surface area (Å²) in [6, 6.07) is 22.0. The fourth-order valence-electron chi connectivity index (χ4n) is 4.13. The molecule has 1 N–H and O–H groups in total. The van der Waals surface area contributed by atoms with E-state index in [4.69, 9.17) is 0 Å². The van der Waals surface area contributed by atoms with Crippen LogP contribution >= 0.6 is 0 Å². The van der Waals surface area contributed by atoms with E-state index < -0.39 is 5.54 Å². The minimum atomic E-state index is -1.07. The molecule has 0 radical (unpaired) electrons. The molecule has 1 fully saturated rings. The van der Waals surface area contributed by atoms with Crippen LogP contribution in [-0.4, -0.2) is 35.5 Å². The normalized spacial score (nSPS) is 19.0. The Morgan fingerprint density at radius 1 is 0.968 bits per heavy atom. The number of carbonyl (C=O) groups excluding carboxylic acids is 2. The number of nitrogens with zero attached hydrogens (tertiary/aromatic N) is 2. The minimum Gasteiger partial charge on any atom is -0.319 e. The number of nitrogens with one attached hydrogen (secondary N) is 1. The molecule has 0 bridgehead atoms. The summed E-state index contributed by atoms with van der Waals surface area (Å²) in [5, 5.41) is 5.06. The maximum absolute atomic E-state index is 13.3. The Morgan fingerprint density at radius 3 is 2.32 bits per heavy atom. The second-order valence-corrected chi connectivity index (χ2v) is 8.90. The Balaban J connectivity index is 1.49. The zero-order chi connectivity index (χ0) is 22.2. The van der Waals surface area contributed by atoms with Crippen molar-refractivity contribution in [2.24, 2.45) is 0 Å². The summed E-state index contributed by atoms with van der Waals surface area (Å²) in [6.07, 6.45) is 0. The molecule has 1 saturated heterocycles. The van der Waals surface area contributed by atoms with Gasteiger partial charge in [-0.25, -0.2) is 9.69 Å². The Bertz CT molecular complexity index is 1120. The molecule has 5 heteroatoms. The van der Waals surface area contributed by atoms with Gasteiger partial charge in [0.05, 0.1) is 6.67 Å². The number of amides is 3. The van der Waals surface area contributed by atoms with Crippen molar-refractivity contribution in [3.63, 3.8) is 0 Å². The van der Waals surface area contributed by atoms with Crippen LogP contribution in [0.1, 0.15) is 43.4 Å². The van der Waals surface area contributed by atoms with Gasteiger partial charge in [-0.15, -0.1) is 0 Å². The summed E-state index contributed by atoms with van der Waals surface area (Å²) < 4.78 is 0. The van der Waals surface area contributed by atoms with Crippen molar-refractivity contribution in [3.8, 4) is 0 Å². The predicted molar refractivity (Wildman–Crippen MR) is 124 cm³/mol. The van der Waals surface area contributed by atoms with Crippen LogP contribution in [0.15, 0.2) is 66.7 Å². The van der Waals surface area contributed by atoms with Crippen molar-refractivity contribution >= 4 is 22.7 Å². The number of imide groups is 1. The molecule has 1 heterocycles. The zero-order valence-electron chi connectivity index (χ0n) is 18.6. The lowest BCUT2D eigenvalue weighted by molar-refractivity contribution is -0.132. The van der Waals surface area contributed by atoms with E-state index in [1.165, 1.54) is 10.5 Å². The molecular weight excluding hydrogens is 386 g/mol. The fourth-order valence-corrected chi connectivity index (χ4v) is 4.13. The van der Waals surface area contributed by atoms with Crippen LogP contribution in [0.5, 0.6) is 0 Å². The number of urea groups is 1. The van der Waals surface area contributed by atoms with Crippen molar-refractivity contribution < 1.29 is 9.59 Å². The van der Waals surface area contributed by atoms with Gasteiger partial charge in [-0.2, -0.15) is 0 Å². The van der Waals surface area contributed by atoms with Crippen LogP contribution in [0.4, 0.5) is 4.79 Å². The highest BCUT2D eigenvalue weighted by atomic mass is 16.2. The molecule has 4 rings (SSSR count). The van der Waals surface area contributed by atoms with Gasteiger partial charge in [0.1, 0.15) is 5.54 Å². The lowest BCUT2D eigenvalue weighted by Gasteiger charge is -2.25. The van der Waals surface area contributed by atoms with E-state index in [1.54, 1.807) is 6.92 Å². The Morgan fingerprint density at radius 2 is 1.65 bits per heavy atom. The van der Waals surface area contributed by atoms with E-state index in [0.29, 0.717) is 12.5 Å². The molecule has 3 aromatic rings. The highest BCUT2D eigenvalue weighted by molar-refractivity contribution is 6.07. The van der Waals surface area contributed by atoms with Crippen molar-refractivity contribution in [1.82, 2.24) is 15.1 Å². The number of fused-ring (bicyclic) bond motifs is 1. The number of benzene rings is 3. The van der Waals surface area contributed by atoms with Gasteiger partial charge in [0.2, 0.25) is 0 Å². The van der Waals surface area contributed by atoms with Crippen molar-refractivity contribution in [2.45, 2.75) is 38.8 Å². The van der Waals surface area contributed by atoms with Gasteiger partial charge in [0, 0.05) is 6.54 Å². The fraction of sp³-hybridized carbons (Fsp3) is 0.308. The van der Waals surface area contributed by atoms with Crippen LogP contribution in [0.3, 0.4) is 0 Å². The van der Waals surface area contributed by atoms with E-state index in [-0.39, 0.29) is 18.6 Å². The van der Waals surface area contributed by atoms with Gasteiger partial charge < -0.3 is 5.32 Å². The Labute approximate surface area is 183 Å². The summed E-state index contributed by atoms with van der Waals surface area (Å²) in [4.78, 5) is 29.3. The largest absolute Gasteiger partial charge is 0.326 e. The highest BCUT2D eigenvalue weighted by Crippen LogP contribution is 2.31. The van der Waals surface area contributed by atoms with E-state index >= 15 is 0 Å². The Kier molecular flexibility index (Phi) is 5.54. The highest BCUT2D eigenvalue weighted by Gasteiger charge is 2.49. The molecule has 160 valence electrons. The molecule has 0 aliphatic carbocycles. The molecule has 0 aromatic heterocycles. The molecule has 0 unspecified atom stereocenters. The average Bonchev–Trinajstić information content (AvgIpc) is 2.97. The van der Waals surface area contributed by atoms with Crippen molar-refractivity contribution in [1.29, 1.82) is 0 Å². The van der Waals surface area contributed by atoms with E-state index in [9.17, 15) is 9.59 Å². The van der Waals surface area contributed by atoms with E-state index in [1.807, 2.05) is 54.4 Å². The molecule has 3 aromatic carbocycles. The topological polar surface area (TPSA) is 52.6 Å². The predicted octanol–water partition coefficient (Wildman–Crippen LogP) is 4.82. The smallest absolute Gasteiger partial charge is 0.319 e. The monoisotopic (exact) mass is 415 g/mol. The lowest BCUT2D eigenvalue weighted by atomic mass is 9.90. The van der Waals surface area contributed by atoms with Gasteiger partial charge in [-0.3, -0.25) is 9.69 Å². The van der Waals surface area contributed by atoms with Gasteiger partial charge in [0.15, 0.2) is 0 Å². The first kappa shape index (κ1) is 21.1. The summed E-state index contributed by atoms with van der Waals surface area (Å²) in [5.74, 6) is 0.264. The standard InChI is InChI=1S/C26H29N3O2/c1-18(2)20-11-9-19(10-12-20)16-28(4)17-29-24(30)26(3,27-25(29)31)23-14-13-21-7-5-6-8-22(21)15-23/h5-15,18H,16-17H2,1-4H3,(H,27,31)/t26-/m0/s1. The van der Waals surface area contributed by atoms with Gasteiger partial charge in [0.25, 0.3) is 5.91 Å². The molecule has 0 saturated carbocycles. The lowest BCUT2D eigenvalue weighted by Crippen LogP contribution is -2.42. The van der Waals surface area contributed by atoms with Crippen LogP contribution in [-0.2, 0) is 16.9 Å². The van der Waals surface area contributed by atoms with Gasteiger partial charge in [-0.05, 0) is 53.4 Å². The van der Waals surface area contributed by atoms with Gasteiger partial charge in [-0.1, -0.05) is 74.5 Å². The number of hydrogen-bond donors (Lipinski definition) is 1. The molecule has 0 spiro atoms. The third-order valence-corrected chi connectivity index (χ3v) is 6.08. The quantitative estimate of drug-likeness (QED) is 0.587. The molecule has 1 aliphatic heterocycles. The molecule has 1 aliphatic rings. The number of rotatable bonds is 6. The number of carbonyl (C=O) groups is 2. The molecule has 31 heavy (non-hydrogen) atoms. The summed E-state index contributed by atoms with van der Waals surface area (Å²) in [7, 11) is 1.92. The van der Waals surface area contributed by atoms with E-state index in [2.05, 4.69) is 43.4 Å². The molecule has 5 nitrogen and oxygen atoms in total. The maximum Gasteiger partial charge on any atom is 0.326 e. The summed E-state index contributed by atoms with van der Waals surface area (Å²) in [6.45, 7) is 7.01. The first-order valence-corrected chi connectivity index (χ1v) is 10.7. The molecular formula is C26H29N3O2. The zero-order valence-corrected chi connectivity index (χ0v) is 18.6. The average molecular weight is 416 g/mol. The van der Waals surface area contributed by atoms with E-state index in [0.717, 1.165) is 21.9 Å². The van der Waals surface area contributed by atoms with Crippen LogP contribution in [0.25, 0.3) is 10.8 Å². The Hall–Kier alpha value is -3.18. The van der Waals surface area contributed by atoms with Crippen LogP contribution in [0, 0.1) is 0 Å². The van der Waals surface area contributed by atoms with Crippen molar-refractivity contribution in [3.05, 3.63) is 83.4 Å². The minimum absolute atomic E-state index is 0.227. The molecule has 1 atom stereocenters. The third kappa shape index (κ3) is 4.06. The maximum atomic E-state index is 13.3. The second kappa shape index (κ2) is 8.16. The second-order valence-electron chi connectivity index (χ2n) is 8.90. The van der Waals surface area contributed by atoms with Crippen molar-refractivity contribution in [2.75, 3.05) is 13.7 Å². The van der Waals surface area contributed by atoms with Crippen LogP contribution in [0.2, 0.25) is 0 Å².